The van der Waals surface area contributed by atoms with Crippen LogP contribution in [0.15, 0.2) is 60.7 Å². The van der Waals surface area contributed by atoms with Gasteiger partial charge in [0, 0.05) is 5.69 Å². The largest absolute Gasteiger partial charge is 0.465 e. The summed E-state index contributed by atoms with van der Waals surface area (Å²) >= 11 is 0. The normalized spacial score (nSPS) is 14.1. The van der Waals surface area contributed by atoms with Crippen molar-refractivity contribution in [2.75, 3.05) is 4.90 Å². The summed E-state index contributed by atoms with van der Waals surface area (Å²) in [6, 6.07) is 19.2. The minimum absolute atomic E-state index is 0.247. The molecule has 0 fully saturated rings. The van der Waals surface area contributed by atoms with E-state index in [-0.39, 0.29) is 5.41 Å². The molecular formula is C20H25NO2. The number of carbonyl (C=O) groups is 1. The zero-order valence-corrected chi connectivity index (χ0v) is 14.3. The molecule has 2 aromatic rings. The first-order chi connectivity index (χ1) is 10.8. The first-order valence-electron chi connectivity index (χ1n) is 7.98. The number of nitrogens with zero attached hydrogens (tertiary/aromatic N) is 1. The summed E-state index contributed by atoms with van der Waals surface area (Å²) in [7, 11) is 0. The van der Waals surface area contributed by atoms with E-state index in [0.29, 0.717) is 5.69 Å². The molecule has 3 heteroatoms. The van der Waals surface area contributed by atoms with Crippen LogP contribution in [0.2, 0.25) is 0 Å². The number of hydrogen-bond acceptors (Lipinski definition) is 1. The fraction of sp³-hybridized carbons (Fsp3) is 0.350. The van der Waals surface area contributed by atoms with Crippen LogP contribution < -0.4 is 4.90 Å². The smallest absolute Gasteiger partial charge is 0.412 e. The molecule has 0 aliphatic heterocycles. The number of hydrogen-bond donors (Lipinski definition) is 1. The summed E-state index contributed by atoms with van der Waals surface area (Å²) in [5.74, 6) is 0. The number of anilines is 1. The summed E-state index contributed by atoms with van der Waals surface area (Å²) in [6.07, 6.45) is -0.0845. The average Bonchev–Trinajstić information content (AvgIpc) is 2.56. The average molecular weight is 311 g/mol. The maximum Gasteiger partial charge on any atom is 0.412 e. The van der Waals surface area contributed by atoms with E-state index in [0.717, 1.165) is 12.0 Å². The number of para-hydroxylation sites is 1. The molecule has 3 nitrogen and oxygen atoms in total. The Bertz CT molecular complexity index is 652. The summed E-state index contributed by atoms with van der Waals surface area (Å²) < 4.78 is 0. The number of benzene rings is 2. The molecule has 0 aromatic heterocycles. The van der Waals surface area contributed by atoms with Crippen molar-refractivity contribution in [3.63, 3.8) is 0 Å². The molecule has 0 saturated heterocycles. The standard InChI is InChI=1S/C20H25NO2/c1-5-19(2,3)20(4,16-12-8-6-9-13-16)21(18(22)23)17-14-10-7-11-15-17/h6-15H,5H2,1-4H3,(H,22,23). The van der Waals surface area contributed by atoms with Crippen molar-refractivity contribution in [3.05, 3.63) is 66.2 Å². The predicted molar refractivity (Wildman–Crippen MR) is 94.8 cm³/mol. The van der Waals surface area contributed by atoms with Gasteiger partial charge in [0.15, 0.2) is 0 Å². The first-order valence-corrected chi connectivity index (χ1v) is 7.98. The molecule has 1 atom stereocenters. The fourth-order valence-corrected chi connectivity index (χ4v) is 3.07. The summed E-state index contributed by atoms with van der Waals surface area (Å²) in [6.45, 7) is 8.37. The molecule has 0 radical (unpaired) electrons. The molecule has 0 spiro atoms. The molecule has 0 aliphatic carbocycles. The van der Waals surface area contributed by atoms with E-state index in [9.17, 15) is 9.90 Å². The van der Waals surface area contributed by atoms with Crippen molar-refractivity contribution in [2.45, 2.75) is 39.7 Å². The third-order valence-corrected chi connectivity index (χ3v) is 5.19. The lowest BCUT2D eigenvalue weighted by atomic mass is 9.66. The highest BCUT2D eigenvalue weighted by Gasteiger charge is 2.48. The van der Waals surface area contributed by atoms with Crippen LogP contribution in [0.25, 0.3) is 0 Å². The predicted octanol–water partition coefficient (Wildman–Crippen LogP) is 5.52. The Morgan fingerprint density at radius 3 is 1.87 bits per heavy atom. The van der Waals surface area contributed by atoms with E-state index in [1.54, 1.807) is 0 Å². The van der Waals surface area contributed by atoms with E-state index in [2.05, 4.69) is 20.8 Å². The monoisotopic (exact) mass is 311 g/mol. The minimum Gasteiger partial charge on any atom is -0.465 e. The zero-order valence-electron chi connectivity index (χ0n) is 14.3. The highest BCUT2D eigenvalue weighted by Crippen LogP contribution is 2.48. The Kier molecular flexibility index (Phi) is 4.79. The molecule has 0 bridgehead atoms. The third-order valence-electron chi connectivity index (χ3n) is 5.19. The van der Waals surface area contributed by atoms with Crippen LogP contribution in [0.5, 0.6) is 0 Å². The highest BCUT2D eigenvalue weighted by atomic mass is 16.4. The molecule has 122 valence electrons. The van der Waals surface area contributed by atoms with Crippen molar-refractivity contribution >= 4 is 11.8 Å². The van der Waals surface area contributed by atoms with E-state index >= 15 is 0 Å². The van der Waals surface area contributed by atoms with Crippen molar-refractivity contribution in [3.8, 4) is 0 Å². The van der Waals surface area contributed by atoms with Crippen LogP contribution in [-0.2, 0) is 5.54 Å². The van der Waals surface area contributed by atoms with Crippen LogP contribution >= 0.6 is 0 Å². The van der Waals surface area contributed by atoms with Gasteiger partial charge in [-0.05, 0) is 36.5 Å². The number of amides is 1. The topological polar surface area (TPSA) is 40.5 Å². The Morgan fingerprint density at radius 1 is 0.957 bits per heavy atom. The molecule has 2 aromatic carbocycles. The summed E-state index contributed by atoms with van der Waals surface area (Å²) in [5.41, 5.74) is 0.754. The third kappa shape index (κ3) is 2.96. The van der Waals surface area contributed by atoms with Gasteiger partial charge in [-0.25, -0.2) is 4.79 Å². The van der Waals surface area contributed by atoms with Crippen LogP contribution in [0.4, 0.5) is 10.5 Å². The summed E-state index contributed by atoms with van der Waals surface area (Å²) in [5, 5.41) is 10.0. The Morgan fingerprint density at radius 2 is 1.43 bits per heavy atom. The maximum absolute atomic E-state index is 12.2. The quantitative estimate of drug-likeness (QED) is 0.789. The number of rotatable bonds is 5. The van der Waals surface area contributed by atoms with Crippen LogP contribution in [0, 0.1) is 5.41 Å². The van der Waals surface area contributed by atoms with Crippen molar-refractivity contribution < 1.29 is 9.90 Å². The molecule has 0 heterocycles. The van der Waals surface area contributed by atoms with Gasteiger partial charge in [0.1, 0.15) is 0 Å². The van der Waals surface area contributed by atoms with Gasteiger partial charge < -0.3 is 5.11 Å². The van der Waals surface area contributed by atoms with Crippen LogP contribution in [-0.4, -0.2) is 11.2 Å². The van der Waals surface area contributed by atoms with Gasteiger partial charge in [-0.3, -0.25) is 4.90 Å². The van der Waals surface area contributed by atoms with Gasteiger partial charge in [-0.15, -0.1) is 0 Å². The second-order valence-electron chi connectivity index (χ2n) is 6.63. The van der Waals surface area contributed by atoms with Gasteiger partial charge in [0.05, 0.1) is 5.54 Å². The van der Waals surface area contributed by atoms with Gasteiger partial charge in [0.2, 0.25) is 0 Å². The van der Waals surface area contributed by atoms with E-state index in [4.69, 9.17) is 0 Å². The van der Waals surface area contributed by atoms with Gasteiger partial charge >= 0.3 is 6.09 Å². The molecular weight excluding hydrogens is 286 g/mol. The Labute approximate surface area is 138 Å². The molecule has 1 amide bonds. The van der Waals surface area contributed by atoms with Crippen LogP contribution in [0.3, 0.4) is 0 Å². The number of carboxylic acid groups (broad SMARTS) is 1. The van der Waals surface area contributed by atoms with Crippen LogP contribution in [0.1, 0.15) is 39.7 Å². The van der Waals surface area contributed by atoms with Crippen molar-refractivity contribution in [1.82, 2.24) is 0 Å². The maximum atomic E-state index is 12.2. The van der Waals surface area contributed by atoms with Crippen molar-refractivity contribution in [2.24, 2.45) is 5.41 Å². The van der Waals surface area contributed by atoms with Crippen molar-refractivity contribution in [1.29, 1.82) is 0 Å². The lowest BCUT2D eigenvalue weighted by Gasteiger charge is -2.50. The molecule has 2 rings (SSSR count). The highest BCUT2D eigenvalue weighted by molar-refractivity contribution is 5.88. The van der Waals surface area contributed by atoms with Gasteiger partial charge in [0.25, 0.3) is 0 Å². The molecule has 0 saturated carbocycles. The molecule has 1 N–H and O–H groups in total. The lowest BCUT2D eigenvalue weighted by molar-refractivity contribution is 0.141. The van der Waals surface area contributed by atoms with E-state index in [1.807, 2.05) is 67.6 Å². The van der Waals surface area contributed by atoms with Gasteiger partial charge in [-0.2, -0.15) is 0 Å². The van der Waals surface area contributed by atoms with E-state index < -0.39 is 11.6 Å². The van der Waals surface area contributed by atoms with Gasteiger partial charge in [-0.1, -0.05) is 69.3 Å². The molecule has 23 heavy (non-hydrogen) atoms. The Balaban J connectivity index is 2.72. The fourth-order valence-electron chi connectivity index (χ4n) is 3.07. The summed E-state index contributed by atoms with van der Waals surface area (Å²) in [4.78, 5) is 13.7. The minimum atomic E-state index is -0.941. The zero-order chi connectivity index (χ0) is 17.1. The SMILES string of the molecule is CCC(C)(C)C(C)(c1ccccc1)N(C(=O)O)c1ccccc1. The first kappa shape index (κ1) is 17.1. The molecule has 1 unspecified atom stereocenters. The second-order valence-corrected chi connectivity index (χ2v) is 6.63. The van der Waals surface area contributed by atoms with E-state index in [1.165, 1.54) is 4.90 Å². The second kappa shape index (κ2) is 6.45. The molecule has 0 aliphatic rings. The Hall–Kier alpha value is -2.29. The lowest BCUT2D eigenvalue weighted by Crippen LogP contribution is -2.56.